The van der Waals surface area contributed by atoms with Crippen LogP contribution in [0.5, 0.6) is 11.8 Å². The van der Waals surface area contributed by atoms with Crippen molar-refractivity contribution in [3.8, 4) is 11.8 Å². The molecule has 8 nitrogen and oxygen atoms in total. The van der Waals surface area contributed by atoms with Gasteiger partial charge >= 0.3 is 6.01 Å². The van der Waals surface area contributed by atoms with E-state index in [0.29, 0.717) is 24.5 Å². The molecule has 0 atom stereocenters. The molecule has 1 saturated heterocycles. The highest BCUT2D eigenvalue weighted by Crippen LogP contribution is 2.25. The van der Waals surface area contributed by atoms with Gasteiger partial charge in [-0.25, -0.2) is 18.4 Å². The van der Waals surface area contributed by atoms with Crippen LogP contribution in [0.2, 0.25) is 0 Å². The summed E-state index contributed by atoms with van der Waals surface area (Å²) >= 11 is 0. The van der Waals surface area contributed by atoms with E-state index in [0.717, 1.165) is 30.4 Å². The fourth-order valence-electron chi connectivity index (χ4n) is 3.70. The Morgan fingerprint density at radius 1 is 1.03 bits per heavy atom. The second-order valence-corrected chi connectivity index (χ2v) is 9.88. The molecule has 0 radical (unpaired) electrons. The number of sulfonamides is 1. The fraction of sp³-hybridized carbons (Fsp3) is 0.292. The summed E-state index contributed by atoms with van der Waals surface area (Å²) in [4.78, 5) is 20.9. The van der Waals surface area contributed by atoms with Crippen LogP contribution in [0.3, 0.4) is 0 Å². The number of ether oxygens (including phenoxy) is 1. The number of piperidine rings is 1. The Balaban J connectivity index is 1.36. The van der Waals surface area contributed by atoms with Crippen molar-refractivity contribution in [3.05, 3.63) is 72.1 Å². The van der Waals surface area contributed by atoms with E-state index < -0.39 is 10.0 Å². The van der Waals surface area contributed by atoms with Crippen LogP contribution < -0.4 is 10.1 Å². The Bertz CT molecular complexity index is 1210. The largest absolute Gasteiger partial charge is 0.424 e. The number of anilines is 1. The lowest BCUT2D eigenvalue weighted by atomic mass is 10.1. The molecule has 1 amide bonds. The van der Waals surface area contributed by atoms with E-state index in [1.54, 1.807) is 60.9 Å². The van der Waals surface area contributed by atoms with Crippen LogP contribution in [0, 0.1) is 6.92 Å². The molecule has 9 heteroatoms. The third kappa shape index (κ3) is 5.74. The van der Waals surface area contributed by atoms with E-state index in [4.69, 9.17) is 4.74 Å². The van der Waals surface area contributed by atoms with Crippen molar-refractivity contribution in [2.24, 2.45) is 0 Å². The Hall–Kier alpha value is -3.30. The molecule has 4 rings (SSSR count). The maximum atomic E-state index is 12.8. The van der Waals surface area contributed by atoms with E-state index in [-0.39, 0.29) is 23.2 Å². The number of nitrogens with zero attached hydrogens (tertiary/aromatic N) is 3. The molecule has 1 fully saturated rings. The quantitative estimate of drug-likeness (QED) is 0.566. The second-order valence-electron chi connectivity index (χ2n) is 7.94. The standard InChI is InChI=1S/C24H26N4O4S/c1-18-16-20(32-24-25-12-5-13-26-24)8-11-22(18)27-23(29)17-19-6-9-21(10-7-19)33(30,31)28-14-3-2-4-15-28/h5-13,16H,2-4,14-15,17H2,1H3,(H,27,29). The topological polar surface area (TPSA) is 101 Å². The number of hydrogen-bond acceptors (Lipinski definition) is 6. The van der Waals surface area contributed by atoms with Gasteiger partial charge < -0.3 is 10.1 Å². The maximum absolute atomic E-state index is 12.8. The lowest BCUT2D eigenvalue weighted by Gasteiger charge is -2.25. The third-order valence-corrected chi connectivity index (χ3v) is 7.38. The molecule has 0 saturated carbocycles. The van der Waals surface area contributed by atoms with Crippen molar-refractivity contribution in [1.29, 1.82) is 0 Å². The van der Waals surface area contributed by atoms with Crippen LogP contribution >= 0.6 is 0 Å². The molecule has 0 aliphatic carbocycles. The van der Waals surface area contributed by atoms with Gasteiger partial charge in [0.2, 0.25) is 15.9 Å². The molecule has 172 valence electrons. The first-order valence-corrected chi connectivity index (χ1v) is 12.3. The minimum absolute atomic E-state index is 0.138. The SMILES string of the molecule is Cc1cc(Oc2ncccn2)ccc1NC(=O)Cc1ccc(S(=O)(=O)N2CCCCC2)cc1. The molecule has 3 aromatic rings. The van der Waals surface area contributed by atoms with Crippen molar-refractivity contribution in [3.63, 3.8) is 0 Å². The van der Waals surface area contributed by atoms with Crippen molar-refractivity contribution < 1.29 is 17.9 Å². The highest BCUT2D eigenvalue weighted by Gasteiger charge is 2.25. The highest BCUT2D eigenvalue weighted by molar-refractivity contribution is 7.89. The van der Waals surface area contributed by atoms with E-state index in [9.17, 15) is 13.2 Å². The molecular formula is C24H26N4O4S. The van der Waals surface area contributed by atoms with Crippen LogP contribution in [0.4, 0.5) is 5.69 Å². The molecule has 0 bridgehead atoms. The number of aromatic nitrogens is 2. The van der Waals surface area contributed by atoms with Crippen molar-refractivity contribution in [2.75, 3.05) is 18.4 Å². The zero-order valence-corrected chi connectivity index (χ0v) is 19.2. The van der Waals surface area contributed by atoms with Gasteiger partial charge in [-0.2, -0.15) is 4.31 Å². The van der Waals surface area contributed by atoms with E-state index in [2.05, 4.69) is 15.3 Å². The average molecular weight is 467 g/mol. The van der Waals surface area contributed by atoms with Gasteiger partial charge in [0.1, 0.15) is 5.75 Å². The Morgan fingerprint density at radius 2 is 1.73 bits per heavy atom. The van der Waals surface area contributed by atoms with Gasteiger partial charge in [-0.05, 0) is 67.3 Å². The molecule has 0 unspecified atom stereocenters. The number of amides is 1. The van der Waals surface area contributed by atoms with E-state index in [1.165, 1.54) is 4.31 Å². The Morgan fingerprint density at radius 3 is 2.39 bits per heavy atom. The molecule has 1 N–H and O–H groups in total. The van der Waals surface area contributed by atoms with E-state index in [1.807, 2.05) is 6.92 Å². The molecule has 2 heterocycles. The predicted molar refractivity (Wildman–Crippen MR) is 125 cm³/mol. The van der Waals surface area contributed by atoms with Gasteiger partial charge in [0, 0.05) is 31.2 Å². The Kier molecular flexibility index (Phi) is 7.00. The zero-order valence-electron chi connectivity index (χ0n) is 18.4. The van der Waals surface area contributed by atoms with Crippen LogP contribution in [0.15, 0.2) is 65.8 Å². The molecular weight excluding hydrogens is 440 g/mol. The molecule has 1 aromatic heterocycles. The predicted octanol–water partition coefficient (Wildman–Crippen LogP) is 3.93. The third-order valence-electron chi connectivity index (χ3n) is 5.46. The lowest BCUT2D eigenvalue weighted by molar-refractivity contribution is -0.115. The smallest absolute Gasteiger partial charge is 0.321 e. The van der Waals surface area contributed by atoms with Gasteiger partial charge in [-0.1, -0.05) is 18.6 Å². The molecule has 33 heavy (non-hydrogen) atoms. The van der Waals surface area contributed by atoms with Gasteiger partial charge in [0.25, 0.3) is 0 Å². The molecule has 2 aromatic carbocycles. The Labute approximate surface area is 193 Å². The van der Waals surface area contributed by atoms with Crippen LogP contribution in [0.25, 0.3) is 0 Å². The van der Waals surface area contributed by atoms with Gasteiger partial charge in [-0.3, -0.25) is 4.79 Å². The summed E-state index contributed by atoms with van der Waals surface area (Å²) in [5.41, 5.74) is 2.24. The minimum Gasteiger partial charge on any atom is -0.424 e. The summed E-state index contributed by atoms with van der Waals surface area (Å²) in [5.74, 6) is 0.381. The van der Waals surface area contributed by atoms with Gasteiger partial charge in [0.15, 0.2) is 0 Å². The number of rotatable bonds is 7. The monoisotopic (exact) mass is 466 g/mol. The van der Waals surface area contributed by atoms with Gasteiger partial charge in [0.05, 0.1) is 11.3 Å². The fourth-order valence-corrected chi connectivity index (χ4v) is 5.21. The van der Waals surface area contributed by atoms with Crippen LogP contribution in [0.1, 0.15) is 30.4 Å². The first-order valence-electron chi connectivity index (χ1n) is 10.9. The van der Waals surface area contributed by atoms with Gasteiger partial charge in [-0.15, -0.1) is 0 Å². The number of nitrogens with one attached hydrogen (secondary N) is 1. The van der Waals surface area contributed by atoms with Crippen molar-refractivity contribution in [2.45, 2.75) is 37.5 Å². The zero-order chi connectivity index (χ0) is 23.3. The van der Waals surface area contributed by atoms with E-state index >= 15 is 0 Å². The summed E-state index contributed by atoms with van der Waals surface area (Å²) in [6.07, 6.45) is 6.18. The maximum Gasteiger partial charge on any atom is 0.321 e. The number of aryl methyl sites for hydroxylation is 1. The number of carbonyl (C=O) groups excluding carboxylic acids is 1. The first-order chi connectivity index (χ1) is 15.9. The van der Waals surface area contributed by atoms with Crippen molar-refractivity contribution in [1.82, 2.24) is 14.3 Å². The molecule has 1 aliphatic heterocycles. The summed E-state index contributed by atoms with van der Waals surface area (Å²) < 4.78 is 32.7. The first kappa shape index (κ1) is 22.9. The van der Waals surface area contributed by atoms with Crippen LogP contribution in [-0.4, -0.2) is 41.7 Å². The summed E-state index contributed by atoms with van der Waals surface area (Å²) in [7, 11) is -3.48. The number of hydrogen-bond donors (Lipinski definition) is 1. The minimum atomic E-state index is -3.48. The summed E-state index contributed by atoms with van der Waals surface area (Å²) in [5, 5.41) is 2.89. The summed E-state index contributed by atoms with van der Waals surface area (Å²) in [6, 6.07) is 13.8. The average Bonchev–Trinajstić information content (AvgIpc) is 2.82. The number of benzene rings is 2. The second kappa shape index (κ2) is 10.1. The molecule has 0 spiro atoms. The van der Waals surface area contributed by atoms with Crippen LogP contribution in [-0.2, 0) is 21.2 Å². The number of carbonyl (C=O) groups is 1. The normalized spacial score (nSPS) is 14.6. The lowest BCUT2D eigenvalue weighted by Crippen LogP contribution is -2.35. The highest BCUT2D eigenvalue weighted by atomic mass is 32.2. The van der Waals surface area contributed by atoms with Crippen molar-refractivity contribution >= 4 is 21.6 Å². The summed E-state index contributed by atoms with van der Waals surface area (Å²) in [6.45, 7) is 3.00. The molecule has 1 aliphatic rings.